The summed E-state index contributed by atoms with van der Waals surface area (Å²) in [6.45, 7) is 3.02. The van der Waals surface area contributed by atoms with E-state index in [0.717, 1.165) is 25.3 Å². The number of furan rings is 1. The number of hydrogen-bond donors (Lipinski definition) is 1. The van der Waals surface area contributed by atoms with E-state index in [9.17, 15) is 9.90 Å². The highest BCUT2D eigenvalue weighted by molar-refractivity contribution is 5.78. The Hall–Kier alpha value is -2.11. The van der Waals surface area contributed by atoms with E-state index in [4.69, 9.17) is 4.42 Å². The zero-order valence-corrected chi connectivity index (χ0v) is 13.8. The summed E-state index contributed by atoms with van der Waals surface area (Å²) in [7, 11) is 0. The van der Waals surface area contributed by atoms with Gasteiger partial charge in [0, 0.05) is 32.6 Å². The molecule has 0 aliphatic carbocycles. The first-order valence-corrected chi connectivity index (χ1v) is 8.45. The van der Waals surface area contributed by atoms with Crippen molar-refractivity contribution >= 4 is 5.91 Å². The van der Waals surface area contributed by atoms with Crippen LogP contribution >= 0.6 is 0 Å². The molecule has 1 aromatic heterocycles. The van der Waals surface area contributed by atoms with Crippen LogP contribution in [-0.4, -0.2) is 46.6 Å². The van der Waals surface area contributed by atoms with E-state index in [1.165, 1.54) is 5.56 Å². The number of rotatable bonds is 8. The number of β-amino-alcohol motifs (C(OH)–C–C–N with tert-alkyl or cyclic N) is 1. The summed E-state index contributed by atoms with van der Waals surface area (Å²) in [5.41, 5.74) is 1.19. The standard InChI is InChI=1S/C19H24N2O3/c22-17(14-21-10-4-9-19(21)23)13-20(15-18-8-5-11-24-18)12-16-6-2-1-3-7-16/h1-3,5-8,11,17,22H,4,9-10,12-15H2. The van der Waals surface area contributed by atoms with E-state index >= 15 is 0 Å². The van der Waals surface area contributed by atoms with E-state index in [1.807, 2.05) is 30.3 Å². The van der Waals surface area contributed by atoms with E-state index in [0.29, 0.717) is 26.1 Å². The third-order valence-corrected chi connectivity index (χ3v) is 4.28. The molecule has 0 radical (unpaired) electrons. The van der Waals surface area contributed by atoms with Gasteiger partial charge >= 0.3 is 0 Å². The van der Waals surface area contributed by atoms with Gasteiger partial charge in [0.05, 0.1) is 18.9 Å². The number of aliphatic hydroxyl groups is 1. The van der Waals surface area contributed by atoms with Crippen LogP contribution in [0.3, 0.4) is 0 Å². The van der Waals surface area contributed by atoms with Crippen molar-refractivity contribution in [2.24, 2.45) is 0 Å². The average molecular weight is 328 g/mol. The predicted octanol–water partition coefficient (Wildman–Crippen LogP) is 2.27. The minimum absolute atomic E-state index is 0.148. The Labute approximate surface area is 142 Å². The Kier molecular flexibility index (Phi) is 5.67. The Morgan fingerprint density at radius 3 is 2.67 bits per heavy atom. The molecule has 1 fully saturated rings. The molecule has 1 saturated heterocycles. The van der Waals surface area contributed by atoms with Crippen LogP contribution in [0.2, 0.25) is 0 Å². The topological polar surface area (TPSA) is 56.9 Å². The summed E-state index contributed by atoms with van der Waals surface area (Å²) in [5.74, 6) is 1.02. The van der Waals surface area contributed by atoms with Crippen LogP contribution in [0.1, 0.15) is 24.2 Å². The molecular formula is C19H24N2O3. The van der Waals surface area contributed by atoms with Crippen molar-refractivity contribution < 1.29 is 14.3 Å². The highest BCUT2D eigenvalue weighted by Gasteiger charge is 2.23. The van der Waals surface area contributed by atoms with Gasteiger partial charge in [-0.2, -0.15) is 0 Å². The molecule has 1 amide bonds. The van der Waals surface area contributed by atoms with Crippen molar-refractivity contribution in [3.05, 3.63) is 60.1 Å². The van der Waals surface area contributed by atoms with Crippen molar-refractivity contribution in [1.82, 2.24) is 9.80 Å². The monoisotopic (exact) mass is 328 g/mol. The quantitative estimate of drug-likeness (QED) is 0.808. The lowest BCUT2D eigenvalue weighted by atomic mass is 10.2. The lowest BCUT2D eigenvalue weighted by molar-refractivity contribution is -0.129. The molecule has 3 rings (SSSR count). The van der Waals surface area contributed by atoms with Crippen LogP contribution in [-0.2, 0) is 17.9 Å². The molecular weight excluding hydrogens is 304 g/mol. The molecule has 1 aliphatic heterocycles. The number of carbonyl (C=O) groups excluding carboxylic acids is 1. The van der Waals surface area contributed by atoms with Gasteiger partial charge in [-0.1, -0.05) is 30.3 Å². The second-order valence-corrected chi connectivity index (χ2v) is 6.33. The third-order valence-electron chi connectivity index (χ3n) is 4.28. The van der Waals surface area contributed by atoms with Gasteiger partial charge in [0.15, 0.2) is 0 Å². The van der Waals surface area contributed by atoms with Crippen molar-refractivity contribution in [3.63, 3.8) is 0 Å². The molecule has 5 heteroatoms. The minimum Gasteiger partial charge on any atom is -0.468 e. The molecule has 1 atom stereocenters. The van der Waals surface area contributed by atoms with Crippen LogP contribution < -0.4 is 0 Å². The number of carbonyl (C=O) groups is 1. The predicted molar refractivity (Wildman–Crippen MR) is 91.1 cm³/mol. The fourth-order valence-electron chi connectivity index (χ4n) is 3.16. The van der Waals surface area contributed by atoms with E-state index in [1.54, 1.807) is 11.2 Å². The zero-order chi connectivity index (χ0) is 16.8. The molecule has 0 bridgehead atoms. The zero-order valence-electron chi connectivity index (χ0n) is 13.8. The van der Waals surface area contributed by atoms with Crippen molar-refractivity contribution in [2.45, 2.75) is 32.0 Å². The summed E-state index contributed by atoms with van der Waals surface area (Å²) in [4.78, 5) is 15.6. The first-order chi connectivity index (χ1) is 11.7. The van der Waals surface area contributed by atoms with Crippen LogP contribution in [0, 0.1) is 0 Å². The summed E-state index contributed by atoms with van der Waals surface area (Å²) < 4.78 is 5.45. The number of likely N-dealkylation sites (tertiary alicyclic amines) is 1. The van der Waals surface area contributed by atoms with Gasteiger partial charge < -0.3 is 14.4 Å². The normalized spacial score (nSPS) is 16.1. The highest BCUT2D eigenvalue weighted by atomic mass is 16.3. The van der Waals surface area contributed by atoms with E-state index in [-0.39, 0.29) is 5.91 Å². The molecule has 1 unspecified atom stereocenters. The number of aliphatic hydroxyl groups excluding tert-OH is 1. The summed E-state index contributed by atoms with van der Waals surface area (Å²) in [6.07, 6.45) is 2.60. The Balaban J connectivity index is 1.61. The van der Waals surface area contributed by atoms with Crippen LogP contribution in [0.15, 0.2) is 53.1 Å². The Bertz CT molecular complexity index is 627. The van der Waals surface area contributed by atoms with E-state index in [2.05, 4.69) is 17.0 Å². The lowest BCUT2D eigenvalue weighted by Gasteiger charge is -2.27. The van der Waals surface area contributed by atoms with Crippen molar-refractivity contribution in [3.8, 4) is 0 Å². The van der Waals surface area contributed by atoms with Crippen LogP contribution in [0.25, 0.3) is 0 Å². The van der Waals surface area contributed by atoms with Gasteiger partial charge in [-0.25, -0.2) is 0 Å². The maximum atomic E-state index is 11.7. The first-order valence-electron chi connectivity index (χ1n) is 8.45. The SMILES string of the molecule is O=C1CCCN1CC(O)CN(Cc1ccccc1)Cc1ccco1. The molecule has 0 spiro atoms. The van der Waals surface area contributed by atoms with Gasteiger partial charge in [-0.05, 0) is 24.1 Å². The van der Waals surface area contributed by atoms with Gasteiger partial charge in [-0.15, -0.1) is 0 Å². The second-order valence-electron chi connectivity index (χ2n) is 6.33. The smallest absolute Gasteiger partial charge is 0.222 e. The van der Waals surface area contributed by atoms with Gasteiger partial charge in [-0.3, -0.25) is 9.69 Å². The molecule has 1 aromatic carbocycles. The van der Waals surface area contributed by atoms with Gasteiger partial charge in [0.2, 0.25) is 5.91 Å². The maximum Gasteiger partial charge on any atom is 0.222 e. The minimum atomic E-state index is -0.564. The second kappa shape index (κ2) is 8.13. The van der Waals surface area contributed by atoms with Crippen LogP contribution in [0.4, 0.5) is 0 Å². The Morgan fingerprint density at radius 2 is 2.00 bits per heavy atom. The maximum absolute atomic E-state index is 11.7. The lowest BCUT2D eigenvalue weighted by Crippen LogP contribution is -2.40. The van der Waals surface area contributed by atoms with Crippen LogP contribution in [0.5, 0.6) is 0 Å². The molecule has 128 valence electrons. The van der Waals surface area contributed by atoms with Gasteiger partial charge in [0.25, 0.3) is 0 Å². The largest absolute Gasteiger partial charge is 0.468 e. The number of benzene rings is 1. The number of nitrogens with zero attached hydrogens (tertiary/aromatic N) is 2. The summed E-state index contributed by atoms with van der Waals surface area (Å²) in [6, 6.07) is 14.0. The molecule has 2 aromatic rings. The van der Waals surface area contributed by atoms with Gasteiger partial charge in [0.1, 0.15) is 5.76 Å². The molecule has 24 heavy (non-hydrogen) atoms. The molecule has 0 saturated carbocycles. The summed E-state index contributed by atoms with van der Waals surface area (Å²) >= 11 is 0. The van der Waals surface area contributed by atoms with Crippen molar-refractivity contribution in [1.29, 1.82) is 0 Å². The molecule has 5 nitrogen and oxygen atoms in total. The average Bonchev–Trinajstić information content (AvgIpc) is 3.21. The molecule has 1 aliphatic rings. The van der Waals surface area contributed by atoms with E-state index < -0.39 is 6.10 Å². The highest BCUT2D eigenvalue weighted by Crippen LogP contribution is 2.14. The fraction of sp³-hybridized carbons (Fsp3) is 0.421. The number of hydrogen-bond acceptors (Lipinski definition) is 4. The first kappa shape index (κ1) is 16.7. The van der Waals surface area contributed by atoms with Crippen molar-refractivity contribution in [2.75, 3.05) is 19.6 Å². The third kappa shape index (κ3) is 4.69. The summed E-state index contributed by atoms with van der Waals surface area (Å²) in [5, 5.41) is 10.4. The number of amides is 1. The molecule has 2 heterocycles. The fourth-order valence-corrected chi connectivity index (χ4v) is 3.16. The molecule has 1 N–H and O–H groups in total. The Morgan fingerprint density at radius 1 is 1.17 bits per heavy atom.